The quantitative estimate of drug-likeness (QED) is 0.0199. The van der Waals surface area contributed by atoms with Gasteiger partial charge in [-0.1, -0.05) is 348 Å². The number of ether oxygens (including phenoxy) is 1. The highest BCUT2D eigenvalue weighted by molar-refractivity contribution is 6.45. The maximum absolute atomic E-state index is 15.2. The van der Waals surface area contributed by atoms with E-state index in [9.17, 15) is 9.59 Å². The molecule has 29 rings (SSSR count). The third-order valence-electron chi connectivity index (χ3n) is 35.8. The molecule has 2 aliphatic heterocycles. The van der Waals surface area contributed by atoms with Gasteiger partial charge in [-0.05, 0) is 309 Å². The highest BCUT2D eigenvalue weighted by Gasteiger charge is 2.45. The number of carbonyl (C=O) groups excluding carboxylic acids is 4. The summed E-state index contributed by atoms with van der Waals surface area (Å²) in [6.45, 7) is 33.8. The summed E-state index contributed by atoms with van der Waals surface area (Å²) < 4.78 is 10.4. The summed E-state index contributed by atoms with van der Waals surface area (Å²) in [5.41, 5.74) is 37.1. The van der Waals surface area contributed by atoms with E-state index in [4.69, 9.17) is 4.74 Å². The smallest absolute Gasteiger partial charge is 0.346 e. The van der Waals surface area contributed by atoms with Crippen molar-refractivity contribution in [3.63, 3.8) is 0 Å². The molecule has 4 heterocycles. The fourth-order valence-corrected chi connectivity index (χ4v) is 28.4. The largest absolute Gasteiger partial charge is 0.386 e. The number of unbranched alkanes of at least 4 members (excludes halogenated alkanes) is 6. The SMILES string of the molecule is CCCCCCn1c2cc(N(c3ccc4c(c3)C(C)(C)c3ccccc3-4)c3ccc4c(c3)C(C)(C)c3ccccc3-4)ccc2c2c3cccc4c5ccc6c7c(ccc(c(cc21)c43)c75)C(=O)N(c1c(C(C)C)cccc1C(C)C)C6=O.CCCCCCn1c2cc(N(c3ccc4c(c3)C(C)(C)c3ccccc3-4)c3ccc4c(c3)C(C)(C)c3ccccc3-4)ccc2c2c3cccc4c5ccc6c7c(ccc(c(cc21)c43)c75)C(=O)OC6=O. The first kappa shape index (κ1) is 91.2. The Kier molecular flexibility index (Phi) is 20.1. The molecule has 0 saturated heterocycles. The van der Waals surface area contributed by atoms with E-state index in [-0.39, 0.29) is 45.3 Å². The third-order valence-corrected chi connectivity index (χ3v) is 35.8. The average Bonchev–Trinajstić information content (AvgIpc) is 1.14. The normalized spacial score (nSPS) is 15.0. The van der Waals surface area contributed by atoms with Crippen LogP contribution in [0.5, 0.6) is 0 Å². The van der Waals surface area contributed by atoms with Crippen LogP contribution in [-0.4, -0.2) is 32.9 Å². The summed E-state index contributed by atoms with van der Waals surface area (Å²) in [7, 11) is 0. The summed E-state index contributed by atoms with van der Waals surface area (Å²) >= 11 is 0. The first-order chi connectivity index (χ1) is 72.7. The topological polar surface area (TPSA) is 97.1 Å². The van der Waals surface area contributed by atoms with Gasteiger partial charge in [0.05, 0.1) is 38.9 Å². The minimum absolute atomic E-state index is 0.116. The lowest BCUT2D eigenvalue weighted by Crippen LogP contribution is -2.41. The van der Waals surface area contributed by atoms with E-state index in [0.29, 0.717) is 27.6 Å². The van der Waals surface area contributed by atoms with Crippen molar-refractivity contribution in [2.45, 2.75) is 195 Å². The summed E-state index contributed by atoms with van der Waals surface area (Å²) in [5.74, 6) is -1.46. The number of cyclic esters (lactones) is 2. The van der Waals surface area contributed by atoms with Crippen LogP contribution in [0.3, 0.4) is 0 Å². The van der Waals surface area contributed by atoms with Gasteiger partial charge in [-0.15, -0.1) is 0 Å². The van der Waals surface area contributed by atoms with Gasteiger partial charge in [0, 0.05) is 112 Å². The number of para-hydroxylation sites is 1. The molecule has 2 aromatic heterocycles. The van der Waals surface area contributed by atoms with Crippen LogP contribution in [0.15, 0.2) is 322 Å². The summed E-state index contributed by atoms with van der Waals surface area (Å²) in [5, 5.41) is 21.9. The van der Waals surface area contributed by atoms with E-state index in [1.807, 2.05) is 30.3 Å². The number of rotatable bonds is 19. The number of anilines is 7. The Bertz CT molecular complexity index is 9630. The Balaban J connectivity index is 0.000000146. The lowest BCUT2D eigenvalue weighted by Gasteiger charge is -2.32. The number of nitrogens with zero attached hydrogens (tertiary/aromatic N) is 5. The molecule has 732 valence electrons. The Labute approximate surface area is 873 Å². The summed E-state index contributed by atoms with van der Waals surface area (Å²) in [4.78, 5) is 63.2. The lowest BCUT2D eigenvalue weighted by atomic mass is 9.82. The molecule has 2 amide bonds. The van der Waals surface area contributed by atoms with Gasteiger partial charge in [0.15, 0.2) is 0 Å². The molecule has 0 saturated carbocycles. The zero-order valence-electron chi connectivity index (χ0n) is 87.6. The van der Waals surface area contributed by atoms with Crippen molar-refractivity contribution in [1.29, 1.82) is 0 Å². The third kappa shape index (κ3) is 12.8. The van der Waals surface area contributed by atoms with Crippen LogP contribution in [0.4, 0.5) is 39.8 Å². The van der Waals surface area contributed by atoms with Crippen LogP contribution in [0, 0.1) is 0 Å². The van der Waals surface area contributed by atoms with E-state index in [2.05, 4.69) is 407 Å². The molecule has 0 spiro atoms. The van der Waals surface area contributed by atoms with Crippen LogP contribution in [-0.2, 0) is 39.5 Å². The summed E-state index contributed by atoms with van der Waals surface area (Å²) in [6, 6.07) is 119. The van der Waals surface area contributed by atoms with Gasteiger partial charge in [-0.3, -0.25) is 9.59 Å². The molecule has 0 unspecified atom stereocenters. The minimum atomic E-state index is -0.588. The number of hydrogen-bond donors (Lipinski definition) is 0. The molecule has 0 atom stereocenters. The molecule has 0 radical (unpaired) electrons. The number of hydrogen-bond acceptors (Lipinski definition) is 7. The first-order valence-corrected chi connectivity index (χ1v) is 54.3. The lowest BCUT2D eigenvalue weighted by molar-refractivity contribution is 0.0390. The van der Waals surface area contributed by atoms with Gasteiger partial charge >= 0.3 is 11.9 Å². The van der Waals surface area contributed by atoms with E-state index >= 15 is 9.59 Å². The average molecular weight is 1950 g/mol. The fourth-order valence-electron chi connectivity index (χ4n) is 28.4. The standard InChI is InChI=1S/C76H67N3O2.C64H50N2O3/c1-10-11-12-17-38-77-66-41-47(78(45-28-31-52-50-20-13-15-26-62(50)75(6,7)64(52)39-45)46-29-32-53-51-21-14-16-27-63(51)76(8,9)65(53)40-46)30-33-57(66)69-58-25-19-24-54-55-34-36-59-71-60(37-35-56(70(55)71)61(68(54)58)42-67(69)77)74(81)79(73(59)80)72-48(43(2)3)22-18-23-49(72)44(4)5;1-6-7-8-13-31-65-55-34-38(23-26-46(55)58-47-18-14-17-43-44-27-29-48-60-49(62(68)69-61(48)67)30-28-45(59(44)60)50(57(43)47)35-56(58)65)66(36-21-24-41-39-15-9-11-19-51(39)63(2,3)53(41)32-36)37-22-25-42-40-16-10-12-20-52(40)64(4,5)54(42)33-37/h13-16,18-37,39-44H,10-12,17,38H2,1-9H3;9-12,14-30,32-35H,6-8,13,31H2,1-5H3. The molecule has 21 aromatic carbocycles. The Hall–Kier alpha value is -16.3. The number of amides is 2. The summed E-state index contributed by atoms with van der Waals surface area (Å²) in [6.07, 6.45) is 9.11. The van der Waals surface area contributed by atoms with Crippen molar-refractivity contribution in [2.75, 3.05) is 14.7 Å². The van der Waals surface area contributed by atoms with Crippen LogP contribution in [0.2, 0.25) is 0 Å². The van der Waals surface area contributed by atoms with Crippen LogP contribution >= 0.6 is 0 Å². The Morgan fingerprint density at radius 2 is 0.527 bits per heavy atom. The molecule has 10 heteroatoms. The molecule has 0 bridgehead atoms. The van der Waals surface area contributed by atoms with Crippen molar-refractivity contribution in [1.82, 2.24) is 9.13 Å². The van der Waals surface area contributed by atoms with Crippen molar-refractivity contribution in [3.8, 4) is 44.5 Å². The monoisotopic (exact) mass is 1950 g/mol. The Morgan fingerprint density at radius 3 is 0.880 bits per heavy atom. The van der Waals surface area contributed by atoms with Crippen molar-refractivity contribution < 1.29 is 23.9 Å². The molecule has 0 N–H and O–H groups in total. The van der Waals surface area contributed by atoms with Gasteiger partial charge < -0.3 is 23.7 Å². The van der Waals surface area contributed by atoms with Gasteiger partial charge in [0.2, 0.25) is 0 Å². The molecule has 0 fully saturated rings. The molecule has 150 heavy (non-hydrogen) atoms. The predicted octanol–water partition coefficient (Wildman–Crippen LogP) is 37.4. The van der Waals surface area contributed by atoms with Gasteiger partial charge in [-0.2, -0.15) is 0 Å². The van der Waals surface area contributed by atoms with Crippen LogP contribution in [0.25, 0.3) is 174 Å². The number of fused-ring (bicyclic) bond motifs is 24. The number of aromatic nitrogens is 2. The van der Waals surface area contributed by atoms with Gasteiger partial charge in [0.25, 0.3) is 11.8 Å². The maximum Gasteiger partial charge on any atom is 0.346 e. The van der Waals surface area contributed by atoms with E-state index in [1.165, 1.54) is 178 Å². The van der Waals surface area contributed by atoms with Crippen LogP contribution in [0.1, 0.15) is 257 Å². The van der Waals surface area contributed by atoms with Gasteiger partial charge in [-0.25, -0.2) is 14.5 Å². The second-order valence-corrected chi connectivity index (χ2v) is 46.1. The van der Waals surface area contributed by atoms with Crippen molar-refractivity contribution >= 4 is 193 Å². The number of benzene rings is 21. The van der Waals surface area contributed by atoms with Crippen LogP contribution < -0.4 is 14.7 Å². The van der Waals surface area contributed by atoms with Crippen molar-refractivity contribution in [3.05, 3.63) is 399 Å². The first-order valence-electron chi connectivity index (χ1n) is 54.3. The van der Waals surface area contributed by atoms with Crippen molar-refractivity contribution in [2.24, 2.45) is 0 Å². The molecular weight excluding hydrogens is 1830 g/mol. The number of carbonyl (C=O) groups is 4. The van der Waals surface area contributed by atoms with E-state index in [1.54, 1.807) is 0 Å². The maximum atomic E-state index is 15.2. The Morgan fingerprint density at radius 1 is 0.240 bits per heavy atom. The zero-order valence-corrected chi connectivity index (χ0v) is 87.6. The predicted molar refractivity (Wildman–Crippen MR) is 625 cm³/mol. The van der Waals surface area contributed by atoms with Gasteiger partial charge in [0.1, 0.15) is 0 Å². The zero-order chi connectivity index (χ0) is 102. The van der Waals surface area contributed by atoms with E-state index < -0.39 is 11.9 Å². The second-order valence-electron chi connectivity index (χ2n) is 46.1. The fraction of sp³-hybridized carbons (Fsp3) is 0.214. The molecule has 10 nitrogen and oxygen atoms in total. The minimum Gasteiger partial charge on any atom is -0.386 e. The number of aryl methyl sites for hydroxylation is 2. The molecular formula is C140H117N5O5. The highest BCUT2D eigenvalue weighted by Crippen LogP contribution is 2.60. The molecule has 6 aliphatic rings. The molecule has 23 aromatic rings. The second kappa shape index (κ2) is 33.1. The number of imide groups is 1. The number of esters is 2. The highest BCUT2D eigenvalue weighted by atomic mass is 16.6. The van der Waals surface area contributed by atoms with E-state index in [0.717, 1.165) is 155 Å². The molecule has 4 aliphatic carbocycles.